The van der Waals surface area contributed by atoms with Crippen LogP contribution in [0.1, 0.15) is 95.2 Å². The highest BCUT2D eigenvalue weighted by atomic mass is 19.4. The van der Waals surface area contributed by atoms with Crippen LogP contribution < -0.4 is 5.32 Å². The highest BCUT2D eigenvalue weighted by Gasteiger charge is 2.42. The van der Waals surface area contributed by atoms with Gasteiger partial charge in [0.2, 0.25) is 0 Å². The monoisotopic (exact) mass is 713 g/mol. The number of ether oxygens (including phenoxy) is 1. The maximum Gasteiger partial charge on any atom is 0.491 e. The molecule has 5 aromatic rings. The summed E-state index contributed by atoms with van der Waals surface area (Å²) in [5, 5.41) is 9.69. The van der Waals surface area contributed by atoms with Crippen LogP contribution in [-0.4, -0.2) is 67.2 Å². The van der Waals surface area contributed by atoms with Crippen LogP contribution >= 0.6 is 0 Å². The summed E-state index contributed by atoms with van der Waals surface area (Å²) in [6, 6.07) is 12.7. The largest absolute Gasteiger partial charge is 0.491 e. The Morgan fingerprint density at radius 1 is 1.04 bits per heavy atom. The van der Waals surface area contributed by atoms with Gasteiger partial charge in [0.15, 0.2) is 0 Å². The van der Waals surface area contributed by atoms with Crippen LogP contribution in [0.25, 0.3) is 21.8 Å². The number of carbonyl (C=O) groups excluding carboxylic acids is 3. The van der Waals surface area contributed by atoms with Gasteiger partial charge in [-0.05, 0) is 76.5 Å². The molecule has 0 spiro atoms. The molecule has 0 radical (unpaired) electrons. The lowest BCUT2D eigenvalue weighted by Crippen LogP contribution is -2.28. The second-order valence-electron chi connectivity index (χ2n) is 12.9. The van der Waals surface area contributed by atoms with Crippen LogP contribution in [0, 0.1) is 18.8 Å². The van der Waals surface area contributed by atoms with E-state index >= 15 is 0 Å². The minimum Gasteiger partial charge on any atom is -0.381 e. The Bertz CT molecular complexity index is 2180. The number of carbonyl (C=O) groups is 3. The van der Waals surface area contributed by atoms with Crippen molar-refractivity contribution in [2.24, 2.45) is 0 Å². The molecule has 0 saturated carbocycles. The van der Waals surface area contributed by atoms with E-state index < -0.39 is 23.8 Å². The third kappa shape index (κ3) is 8.66. The Balaban J connectivity index is 0.962. The first-order chi connectivity index (χ1) is 25.0. The fourth-order valence-electron chi connectivity index (χ4n) is 6.42. The Labute approximate surface area is 297 Å². The van der Waals surface area contributed by atoms with E-state index in [1.54, 1.807) is 6.20 Å². The second-order valence-corrected chi connectivity index (χ2v) is 12.9. The molecular weight excluding hydrogens is 675 g/mol. The van der Waals surface area contributed by atoms with Gasteiger partial charge in [-0.2, -0.15) is 18.3 Å². The number of benzene rings is 1. The zero-order valence-electron chi connectivity index (χ0n) is 28.8. The number of rotatable bonds is 11. The van der Waals surface area contributed by atoms with E-state index in [4.69, 9.17) is 5.10 Å². The van der Waals surface area contributed by atoms with Crippen LogP contribution in [0.4, 0.5) is 19.0 Å². The summed E-state index contributed by atoms with van der Waals surface area (Å²) in [4.78, 5) is 50.0. The van der Waals surface area contributed by atoms with Gasteiger partial charge in [0, 0.05) is 65.1 Å². The van der Waals surface area contributed by atoms with Crippen molar-refractivity contribution in [1.29, 1.82) is 0 Å². The summed E-state index contributed by atoms with van der Waals surface area (Å²) < 4.78 is 42.8. The van der Waals surface area contributed by atoms with Crippen LogP contribution in [0.3, 0.4) is 0 Å². The average molecular weight is 714 g/mol. The number of fused-ring (bicyclic) bond motifs is 2. The highest BCUT2D eigenvalue weighted by Crippen LogP contribution is 2.32. The first kappa shape index (κ1) is 36.2. The summed E-state index contributed by atoms with van der Waals surface area (Å²) in [6.45, 7) is 3.75. The topological polar surface area (TPSA) is 135 Å². The fourth-order valence-corrected chi connectivity index (χ4v) is 6.42. The highest BCUT2D eigenvalue weighted by molar-refractivity contribution is 6.06. The van der Waals surface area contributed by atoms with Crippen molar-refractivity contribution in [3.8, 4) is 11.8 Å². The number of H-pyrrole nitrogens is 1. The number of nitrogens with zero attached hydrogens (tertiary/aromatic N) is 5. The summed E-state index contributed by atoms with van der Waals surface area (Å²) >= 11 is 0. The van der Waals surface area contributed by atoms with Gasteiger partial charge in [0.1, 0.15) is 11.5 Å². The van der Waals surface area contributed by atoms with Gasteiger partial charge < -0.3 is 15.0 Å². The number of likely N-dealkylation sites (tertiary alicyclic amines) is 1. The molecule has 52 heavy (non-hydrogen) atoms. The summed E-state index contributed by atoms with van der Waals surface area (Å²) in [5.74, 6) is 2.00. The molecule has 6 rings (SSSR count). The van der Waals surface area contributed by atoms with Crippen LogP contribution in [0.2, 0.25) is 0 Å². The predicted octanol–water partition coefficient (Wildman–Crippen LogP) is 7.27. The van der Waals surface area contributed by atoms with Crippen molar-refractivity contribution in [2.75, 3.05) is 18.9 Å². The normalized spacial score (nSPS) is 14.8. The number of hydrogen-bond acceptors (Lipinski definition) is 8. The van der Waals surface area contributed by atoms with E-state index in [-0.39, 0.29) is 5.91 Å². The second kappa shape index (κ2) is 15.8. The molecule has 4 aromatic heterocycles. The molecule has 0 bridgehead atoms. The molecule has 1 atom stereocenters. The van der Waals surface area contributed by atoms with Gasteiger partial charge in [-0.15, -0.1) is 0 Å². The summed E-state index contributed by atoms with van der Waals surface area (Å²) in [6.07, 6.45) is 5.28. The number of alkyl halides is 3. The number of esters is 2. The molecule has 1 saturated heterocycles. The molecule has 14 heteroatoms. The molecule has 1 aromatic carbocycles. The van der Waals surface area contributed by atoms with Crippen molar-refractivity contribution in [3.63, 3.8) is 0 Å². The third-order valence-corrected chi connectivity index (χ3v) is 9.13. The number of aryl methyl sites for hydroxylation is 2. The zero-order valence-corrected chi connectivity index (χ0v) is 28.8. The van der Waals surface area contributed by atoms with Crippen molar-refractivity contribution in [3.05, 3.63) is 83.1 Å². The summed E-state index contributed by atoms with van der Waals surface area (Å²) in [7, 11) is 2.14. The van der Waals surface area contributed by atoms with Gasteiger partial charge in [0.05, 0.1) is 16.7 Å². The van der Waals surface area contributed by atoms with Gasteiger partial charge in [0.25, 0.3) is 5.91 Å². The summed E-state index contributed by atoms with van der Waals surface area (Å²) in [5.41, 5.74) is 4.37. The number of amides is 1. The number of pyridine rings is 2. The smallest absolute Gasteiger partial charge is 0.381 e. The van der Waals surface area contributed by atoms with Gasteiger partial charge in [-0.3, -0.25) is 14.4 Å². The quantitative estimate of drug-likeness (QED) is 0.0632. The fraction of sp³-hybridized carbons (Fsp3) is 0.368. The van der Waals surface area contributed by atoms with Crippen molar-refractivity contribution in [1.82, 2.24) is 29.6 Å². The first-order valence-electron chi connectivity index (χ1n) is 17.2. The van der Waals surface area contributed by atoms with Crippen LogP contribution in [-0.2, 0) is 16.1 Å². The minimum absolute atomic E-state index is 0.242. The van der Waals surface area contributed by atoms with Crippen molar-refractivity contribution in [2.45, 2.75) is 77.1 Å². The maximum absolute atomic E-state index is 13.3. The molecule has 0 aliphatic carbocycles. The lowest BCUT2D eigenvalue weighted by Gasteiger charge is -2.17. The number of hydrogen-bond donors (Lipinski definition) is 2. The lowest BCUT2D eigenvalue weighted by molar-refractivity contribution is -0.193. The van der Waals surface area contributed by atoms with E-state index in [9.17, 15) is 27.6 Å². The van der Waals surface area contributed by atoms with E-state index in [1.807, 2.05) is 35.9 Å². The van der Waals surface area contributed by atoms with Crippen molar-refractivity contribution >= 4 is 45.5 Å². The van der Waals surface area contributed by atoms with E-state index in [0.29, 0.717) is 36.0 Å². The number of aromatic nitrogens is 5. The van der Waals surface area contributed by atoms with Gasteiger partial charge in [-0.1, -0.05) is 37.2 Å². The Morgan fingerprint density at radius 2 is 1.85 bits per heavy atom. The van der Waals surface area contributed by atoms with Gasteiger partial charge in [-0.25, -0.2) is 19.6 Å². The minimum atomic E-state index is -5.28. The third-order valence-electron chi connectivity index (χ3n) is 9.13. The number of halogens is 3. The lowest BCUT2D eigenvalue weighted by atomic mass is 10.1. The van der Waals surface area contributed by atoms with E-state index in [2.05, 4.69) is 54.9 Å². The molecule has 1 amide bonds. The average Bonchev–Trinajstić information content (AvgIpc) is 3.83. The first-order valence-corrected chi connectivity index (χ1v) is 17.2. The van der Waals surface area contributed by atoms with Crippen LogP contribution in [0.15, 0.2) is 54.9 Å². The molecule has 1 aliphatic rings. The Morgan fingerprint density at radius 3 is 2.63 bits per heavy atom. The van der Waals surface area contributed by atoms with Crippen molar-refractivity contribution < 1.29 is 32.3 Å². The molecule has 270 valence electrons. The molecule has 11 nitrogen and oxygen atoms in total. The van der Waals surface area contributed by atoms with E-state index in [1.165, 1.54) is 30.4 Å². The molecular formula is C38H38F3N7O4. The number of aromatic amines is 1. The zero-order chi connectivity index (χ0) is 36.8. The van der Waals surface area contributed by atoms with E-state index in [0.717, 1.165) is 72.6 Å². The number of anilines is 1. The molecule has 2 N–H and O–H groups in total. The van der Waals surface area contributed by atoms with Crippen LogP contribution in [0.5, 0.6) is 0 Å². The predicted molar refractivity (Wildman–Crippen MR) is 188 cm³/mol. The molecule has 1 fully saturated rings. The standard InChI is InChI=1S/C38H38F3N7O4/c1-24-28-14-13-26(35(49)45-34-22-29-27(23-43-34)20-30(44-29)32-12-10-17-47(32)2)21-33(28)48(46-24)18-9-7-5-3-4-6-8-11-25-15-16-42-31(19-25)36(50)52-37(51)38(39,40)41/h13-16,19-23,32,44H,3-7,9-10,12,17-18H2,1-2H3,(H,43,45,49)/t32-/m1/s1. The molecule has 0 unspecified atom stereocenters. The Kier molecular flexibility index (Phi) is 11.0. The number of nitrogens with one attached hydrogen (secondary N) is 2. The molecule has 5 heterocycles. The van der Waals surface area contributed by atoms with Gasteiger partial charge >= 0.3 is 18.1 Å². The number of unbranched alkanes of at least 4 members (excludes halogenated alkanes) is 5. The molecule has 1 aliphatic heterocycles. The SMILES string of the molecule is Cc1nn(CCCCCCCC#Cc2ccnc(C(=O)OC(=O)C(F)(F)F)c2)c2cc(C(=O)Nc3cc4[nH]c([C@H]5CCCN5C)cc4cn3)ccc12. The Hall–Kier alpha value is -5.55. The maximum atomic E-state index is 13.3.